The van der Waals surface area contributed by atoms with E-state index in [-0.39, 0.29) is 0 Å². The fraction of sp³-hybridized carbons (Fsp3) is 0.0392. The summed E-state index contributed by atoms with van der Waals surface area (Å²) in [7, 11) is 0. The highest BCUT2D eigenvalue weighted by atomic mass is 15.2. The Bertz CT molecular complexity index is 3460. The number of aromatic nitrogens is 5. The molecule has 1 aliphatic rings. The highest BCUT2D eigenvalue weighted by Crippen LogP contribution is 2.43. The van der Waals surface area contributed by atoms with Gasteiger partial charge in [-0.25, -0.2) is 4.98 Å². The van der Waals surface area contributed by atoms with Crippen molar-refractivity contribution in [2.24, 2.45) is 0 Å². The summed E-state index contributed by atoms with van der Waals surface area (Å²) in [6, 6.07) is 56.9. The first-order valence-electron chi connectivity index (χ1n) is 19.3. The van der Waals surface area contributed by atoms with Gasteiger partial charge in [0.15, 0.2) is 11.6 Å². The normalized spacial score (nSPS) is 13.2. The van der Waals surface area contributed by atoms with Crippen LogP contribution in [0.25, 0.3) is 105 Å². The molecule has 5 nitrogen and oxygen atoms in total. The van der Waals surface area contributed by atoms with E-state index in [0.29, 0.717) is 11.8 Å². The number of fused-ring (bicyclic) bond motifs is 12. The van der Waals surface area contributed by atoms with E-state index in [1.807, 2.05) is 18.2 Å². The molecule has 12 rings (SSSR count). The van der Waals surface area contributed by atoms with Gasteiger partial charge in [-0.3, -0.25) is 4.57 Å². The zero-order valence-electron chi connectivity index (χ0n) is 30.4. The first-order chi connectivity index (χ1) is 27.8. The molecule has 0 saturated carbocycles. The molecule has 0 spiro atoms. The van der Waals surface area contributed by atoms with Crippen LogP contribution in [-0.4, -0.2) is 24.1 Å². The van der Waals surface area contributed by atoms with E-state index < -0.39 is 0 Å². The van der Waals surface area contributed by atoms with Gasteiger partial charge < -0.3 is 4.57 Å². The minimum absolute atomic E-state index is 0.612. The molecule has 0 amide bonds. The molecule has 0 atom stereocenters. The molecule has 0 radical (unpaired) electrons. The van der Waals surface area contributed by atoms with Crippen LogP contribution in [0.4, 0.5) is 0 Å². The van der Waals surface area contributed by atoms with E-state index in [1.54, 1.807) is 0 Å². The molecule has 262 valence electrons. The Morgan fingerprint density at radius 2 is 0.929 bits per heavy atom. The van der Waals surface area contributed by atoms with Crippen molar-refractivity contribution >= 4 is 81.5 Å². The SMILES string of the molecule is C1=CCCC(c2nc(-c3ccccc3)nc(-n3c4ccccc4c4cc5c6cc7c8ccccc8c8ccccc8c7cc6n(-c6ccccc6)c5cc43)n2)=C1. The standard InChI is InChI=1S/C51H33N5/c1-4-16-32(17-5-1)49-52-50(33-18-6-2-7-19-33)54-51(53-49)56-45-27-15-14-26-39(45)42-29-44-43-28-40-37-24-12-10-22-35(37)36-23-11-13-25-38(36)41(40)30-46(43)55(47(44)31-48(42)56)34-20-8-3-9-21-34/h1-6,8-18,20-31H,7,19H2. The fourth-order valence-corrected chi connectivity index (χ4v) is 9.06. The van der Waals surface area contributed by atoms with Crippen LogP contribution in [0.1, 0.15) is 18.7 Å². The number of hydrogen-bond donors (Lipinski definition) is 0. The lowest BCUT2D eigenvalue weighted by Gasteiger charge is -2.13. The van der Waals surface area contributed by atoms with Gasteiger partial charge in [0.25, 0.3) is 0 Å². The van der Waals surface area contributed by atoms with Crippen molar-refractivity contribution in [2.75, 3.05) is 0 Å². The van der Waals surface area contributed by atoms with E-state index in [1.165, 1.54) is 48.6 Å². The van der Waals surface area contributed by atoms with Crippen LogP contribution in [0.15, 0.2) is 176 Å². The van der Waals surface area contributed by atoms with E-state index in [2.05, 4.69) is 167 Å². The summed E-state index contributed by atoms with van der Waals surface area (Å²) in [5.41, 5.74) is 7.61. The summed E-state index contributed by atoms with van der Waals surface area (Å²) in [5.74, 6) is 1.99. The van der Waals surface area contributed by atoms with Gasteiger partial charge in [-0.05, 0) is 93.2 Å². The molecule has 5 heteroatoms. The molecule has 56 heavy (non-hydrogen) atoms. The minimum Gasteiger partial charge on any atom is -0.309 e. The summed E-state index contributed by atoms with van der Waals surface area (Å²) in [4.78, 5) is 15.5. The van der Waals surface area contributed by atoms with Crippen molar-refractivity contribution in [3.8, 4) is 23.0 Å². The molecule has 0 saturated heterocycles. The van der Waals surface area contributed by atoms with Crippen LogP contribution in [0, 0.1) is 0 Å². The predicted octanol–water partition coefficient (Wildman–Crippen LogP) is 12.9. The van der Waals surface area contributed by atoms with E-state index in [0.717, 1.165) is 62.8 Å². The first kappa shape index (κ1) is 31.0. The topological polar surface area (TPSA) is 48.5 Å². The number of benzene rings is 8. The lowest BCUT2D eigenvalue weighted by atomic mass is 9.93. The van der Waals surface area contributed by atoms with Crippen LogP contribution in [0.2, 0.25) is 0 Å². The second kappa shape index (κ2) is 12.1. The van der Waals surface area contributed by atoms with Crippen LogP contribution in [0.5, 0.6) is 0 Å². The minimum atomic E-state index is 0.612. The molecule has 0 unspecified atom stereocenters. The largest absolute Gasteiger partial charge is 0.309 e. The summed E-state index contributed by atoms with van der Waals surface area (Å²) >= 11 is 0. The van der Waals surface area contributed by atoms with Crippen LogP contribution in [0.3, 0.4) is 0 Å². The van der Waals surface area contributed by atoms with Gasteiger partial charge in [0.2, 0.25) is 5.95 Å². The maximum atomic E-state index is 5.26. The summed E-state index contributed by atoms with van der Waals surface area (Å²) in [6.07, 6.45) is 8.30. The fourth-order valence-electron chi connectivity index (χ4n) is 9.06. The van der Waals surface area contributed by atoms with Crippen LogP contribution in [-0.2, 0) is 0 Å². The van der Waals surface area contributed by atoms with Crippen LogP contribution >= 0.6 is 0 Å². The van der Waals surface area contributed by atoms with Gasteiger partial charge in [0, 0.05) is 32.8 Å². The highest BCUT2D eigenvalue weighted by Gasteiger charge is 2.22. The smallest absolute Gasteiger partial charge is 0.238 e. The van der Waals surface area contributed by atoms with Gasteiger partial charge in [-0.1, -0.05) is 133 Å². The Hall–Kier alpha value is -7.37. The predicted molar refractivity (Wildman–Crippen MR) is 233 cm³/mol. The number of para-hydroxylation sites is 2. The van der Waals surface area contributed by atoms with Crippen molar-refractivity contribution in [1.29, 1.82) is 0 Å². The van der Waals surface area contributed by atoms with E-state index in [9.17, 15) is 0 Å². The molecular formula is C51H33N5. The quantitative estimate of drug-likeness (QED) is 0.170. The molecular weight excluding hydrogens is 683 g/mol. The summed E-state index contributed by atoms with van der Waals surface area (Å²) in [5, 5.41) is 12.3. The Kier molecular flexibility index (Phi) is 6.69. The number of nitrogens with zero attached hydrogens (tertiary/aromatic N) is 5. The lowest BCUT2D eigenvalue weighted by molar-refractivity contribution is 0.913. The van der Waals surface area contributed by atoms with Crippen molar-refractivity contribution in [1.82, 2.24) is 24.1 Å². The van der Waals surface area contributed by atoms with E-state index in [4.69, 9.17) is 15.0 Å². The monoisotopic (exact) mass is 715 g/mol. The maximum absolute atomic E-state index is 5.26. The van der Waals surface area contributed by atoms with Crippen LogP contribution < -0.4 is 0 Å². The Balaban J connectivity index is 1.23. The molecule has 3 heterocycles. The van der Waals surface area contributed by atoms with Gasteiger partial charge >= 0.3 is 0 Å². The van der Waals surface area contributed by atoms with Gasteiger partial charge in [-0.15, -0.1) is 0 Å². The first-order valence-corrected chi connectivity index (χ1v) is 19.3. The number of allylic oxidation sites excluding steroid dienone is 4. The molecule has 3 aromatic heterocycles. The van der Waals surface area contributed by atoms with Crippen molar-refractivity contribution in [3.63, 3.8) is 0 Å². The third-order valence-corrected chi connectivity index (χ3v) is 11.6. The molecule has 0 bridgehead atoms. The molecule has 0 N–H and O–H groups in total. The zero-order valence-corrected chi connectivity index (χ0v) is 30.4. The lowest BCUT2D eigenvalue weighted by Crippen LogP contribution is -2.08. The third-order valence-electron chi connectivity index (χ3n) is 11.6. The van der Waals surface area contributed by atoms with Gasteiger partial charge in [-0.2, -0.15) is 9.97 Å². The third kappa shape index (κ3) is 4.58. The molecule has 8 aromatic carbocycles. The molecule has 11 aromatic rings. The van der Waals surface area contributed by atoms with E-state index >= 15 is 0 Å². The van der Waals surface area contributed by atoms with Gasteiger partial charge in [0.1, 0.15) is 0 Å². The second-order valence-corrected chi connectivity index (χ2v) is 14.7. The molecule has 1 aliphatic carbocycles. The molecule has 0 fully saturated rings. The Morgan fingerprint density at radius 1 is 0.393 bits per heavy atom. The second-order valence-electron chi connectivity index (χ2n) is 14.7. The van der Waals surface area contributed by atoms with Crippen molar-refractivity contribution < 1.29 is 0 Å². The average Bonchev–Trinajstić information content (AvgIpc) is 3.77. The Labute approximate surface area is 322 Å². The summed E-state index contributed by atoms with van der Waals surface area (Å²) in [6.45, 7) is 0. The highest BCUT2D eigenvalue weighted by molar-refractivity contribution is 6.29. The number of rotatable bonds is 4. The maximum Gasteiger partial charge on any atom is 0.238 e. The molecule has 0 aliphatic heterocycles. The van der Waals surface area contributed by atoms with Crippen molar-refractivity contribution in [3.05, 3.63) is 182 Å². The zero-order chi connectivity index (χ0) is 36.7. The van der Waals surface area contributed by atoms with Gasteiger partial charge in [0.05, 0.1) is 22.1 Å². The van der Waals surface area contributed by atoms with Crippen molar-refractivity contribution in [2.45, 2.75) is 12.8 Å². The average molecular weight is 716 g/mol. The summed E-state index contributed by atoms with van der Waals surface area (Å²) < 4.78 is 4.67. The number of hydrogen-bond acceptors (Lipinski definition) is 3. The Morgan fingerprint density at radius 3 is 1.62 bits per heavy atom.